The monoisotopic (exact) mass is 953 g/mol. The molecule has 3 aromatic heterocycles. The van der Waals surface area contributed by atoms with E-state index >= 15 is 0 Å². The van der Waals surface area contributed by atoms with Gasteiger partial charge in [0.05, 0.1) is 33.1 Å². The number of para-hydroxylation sites is 6. The van der Waals surface area contributed by atoms with Gasteiger partial charge in [-0.05, 0) is 134 Å². The van der Waals surface area contributed by atoms with Crippen molar-refractivity contribution >= 4 is 65.4 Å². The SMILES string of the molecule is c1cc(-c2ccc(-c3ccc(-n4c5ccccc5c5ccccc54)cc3)cc2)cc(-c2cccc(-c3ccc(-c4cc(-n5c6ccccc6c6ccccc65)cc(-n5c6ccccc6c6ccccc65)c4)cc3)c2)c1. The fourth-order valence-corrected chi connectivity index (χ4v) is 11.9. The summed E-state index contributed by atoms with van der Waals surface area (Å²) in [7, 11) is 0. The highest BCUT2D eigenvalue weighted by atomic mass is 15.0. The first-order valence-corrected chi connectivity index (χ1v) is 25.8. The molecule has 0 N–H and O–H groups in total. The largest absolute Gasteiger partial charge is 0.309 e. The normalized spacial score (nSPS) is 11.7. The Labute approximate surface area is 434 Å². The van der Waals surface area contributed by atoms with Gasteiger partial charge in [-0.2, -0.15) is 0 Å². The number of aromatic nitrogens is 3. The molecule has 3 heterocycles. The summed E-state index contributed by atoms with van der Waals surface area (Å²) in [5, 5.41) is 7.54. The van der Waals surface area contributed by atoms with Crippen molar-refractivity contribution in [2.75, 3.05) is 0 Å². The van der Waals surface area contributed by atoms with Crippen molar-refractivity contribution < 1.29 is 0 Å². The molecule has 0 radical (unpaired) electrons. The van der Waals surface area contributed by atoms with Gasteiger partial charge in [-0.25, -0.2) is 0 Å². The van der Waals surface area contributed by atoms with Crippen molar-refractivity contribution in [3.05, 3.63) is 285 Å². The van der Waals surface area contributed by atoms with Crippen LogP contribution in [0.15, 0.2) is 285 Å². The highest BCUT2D eigenvalue weighted by Gasteiger charge is 2.18. The van der Waals surface area contributed by atoms with E-state index in [1.165, 1.54) is 110 Å². The minimum absolute atomic E-state index is 1.12. The Hall–Kier alpha value is -9.96. The highest BCUT2D eigenvalue weighted by molar-refractivity contribution is 6.11. The van der Waals surface area contributed by atoms with E-state index in [1.54, 1.807) is 0 Å². The lowest BCUT2D eigenvalue weighted by Crippen LogP contribution is -2.00. The van der Waals surface area contributed by atoms with E-state index < -0.39 is 0 Å². The van der Waals surface area contributed by atoms with Crippen molar-refractivity contribution in [1.29, 1.82) is 0 Å². The second-order valence-corrected chi connectivity index (χ2v) is 19.7. The molecule has 15 aromatic rings. The molecule has 0 spiro atoms. The summed E-state index contributed by atoms with van der Waals surface area (Å²) in [4.78, 5) is 0. The zero-order valence-corrected chi connectivity index (χ0v) is 41.0. The molecule has 0 unspecified atom stereocenters. The molecule has 0 amide bonds. The van der Waals surface area contributed by atoms with Crippen LogP contribution in [0.5, 0.6) is 0 Å². The predicted molar refractivity (Wildman–Crippen MR) is 317 cm³/mol. The summed E-state index contributed by atoms with van der Waals surface area (Å²) in [5.74, 6) is 0. The van der Waals surface area contributed by atoms with Gasteiger partial charge in [0.1, 0.15) is 0 Å². The number of hydrogen-bond donors (Lipinski definition) is 0. The first kappa shape index (κ1) is 42.7. The first-order valence-electron chi connectivity index (χ1n) is 25.8. The van der Waals surface area contributed by atoms with Crippen LogP contribution < -0.4 is 0 Å². The molecule has 3 heteroatoms. The van der Waals surface area contributed by atoms with Crippen LogP contribution >= 0.6 is 0 Å². The molecule has 0 aliphatic carbocycles. The van der Waals surface area contributed by atoms with Gasteiger partial charge in [0, 0.05) is 49.4 Å². The van der Waals surface area contributed by atoms with E-state index in [0.29, 0.717) is 0 Å². The maximum absolute atomic E-state index is 2.43. The van der Waals surface area contributed by atoms with Crippen LogP contribution in [0.4, 0.5) is 0 Å². The van der Waals surface area contributed by atoms with Crippen molar-refractivity contribution in [1.82, 2.24) is 13.7 Å². The molecule has 0 fully saturated rings. The van der Waals surface area contributed by atoms with E-state index in [9.17, 15) is 0 Å². The van der Waals surface area contributed by atoms with Crippen LogP contribution in [-0.2, 0) is 0 Å². The van der Waals surface area contributed by atoms with Gasteiger partial charge in [0.2, 0.25) is 0 Å². The number of benzene rings is 12. The summed E-state index contributed by atoms with van der Waals surface area (Å²) in [6.45, 7) is 0. The van der Waals surface area contributed by atoms with Crippen LogP contribution in [0.3, 0.4) is 0 Å². The number of nitrogens with zero attached hydrogens (tertiary/aromatic N) is 3. The molecule has 0 aliphatic rings. The third-order valence-electron chi connectivity index (χ3n) is 15.4. The molecule has 0 aliphatic heterocycles. The molecular weight excluding hydrogens is 907 g/mol. The zero-order valence-electron chi connectivity index (χ0n) is 41.0. The molecule has 12 aromatic carbocycles. The maximum Gasteiger partial charge on any atom is 0.0541 e. The van der Waals surface area contributed by atoms with Gasteiger partial charge < -0.3 is 13.7 Å². The molecule has 350 valence electrons. The molecular formula is C72H47N3. The Kier molecular flexibility index (Phi) is 9.89. The predicted octanol–water partition coefficient (Wildman–Crippen LogP) is 19.3. The summed E-state index contributed by atoms with van der Waals surface area (Å²) in [6, 6.07) is 104. The molecule has 3 nitrogen and oxygen atoms in total. The second-order valence-electron chi connectivity index (χ2n) is 19.7. The van der Waals surface area contributed by atoms with Gasteiger partial charge in [-0.15, -0.1) is 0 Å². The zero-order chi connectivity index (χ0) is 49.4. The van der Waals surface area contributed by atoms with Gasteiger partial charge in [0.25, 0.3) is 0 Å². The minimum atomic E-state index is 1.12. The Morgan fingerprint density at radius 2 is 0.387 bits per heavy atom. The van der Waals surface area contributed by atoms with Crippen molar-refractivity contribution in [3.8, 4) is 72.7 Å². The third-order valence-corrected chi connectivity index (χ3v) is 15.4. The van der Waals surface area contributed by atoms with Crippen LogP contribution in [0.1, 0.15) is 0 Å². The quantitative estimate of drug-likeness (QED) is 0.144. The third kappa shape index (κ3) is 7.12. The lowest BCUT2D eigenvalue weighted by atomic mass is 9.94. The molecule has 15 rings (SSSR count). The lowest BCUT2D eigenvalue weighted by molar-refractivity contribution is 1.13. The average molecular weight is 954 g/mol. The standard InChI is InChI=1S/C72H47N3/c1-7-25-67-61(19-1)62-20-2-8-26-68(62)73(67)58-41-39-49(40-42-58)48-31-33-50(34-32-48)53-15-13-17-55(43-53)56-18-14-16-54(44-56)51-35-37-52(38-36-51)57-45-59(74-69-27-9-3-21-63(69)64-22-4-10-28-70(64)74)47-60(46-57)75-71-29-11-5-23-65(71)66-24-6-12-30-72(66)75/h1-47H. The Balaban J connectivity index is 0.741. The smallest absolute Gasteiger partial charge is 0.0541 e. The number of rotatable bonds is 8. The van der Waals surface area contributed by atoms with Crippen LogP contribution in [-0.4, -0.2) is 13.7 Å². The van der Waals surface area contributed by atoms with E-state index in [-0.39, 0.29) is 0 Å². The fourth-order valence-electron chi connectivity index (χ4n) is 11.9. The summed E-state index contributed by atoms with van der Waals surface area (Å²) in [6.07, 6.45) is 0. The number of hydrogen-bond acceptors (Lipinski definition) is 0. The Morgan fingerprint density at radius 3 is 0.707 bits per heavy atom. The molecule has 75 heavy (non-hydrogen) atoms. The molecule has 0 atom stereocenters. The van der Waals surface area contributed by atoms with Gasteiger partial charge in [0.15, 0.2) is 0 Å². The van der Waals surface area contributed by atoms with E-state index in [1.807, 2.05) is 0 Å². The minimum Gasteiger partial charge on any atom is -0.309 e. The van der Waals surface area contributed by atoms with Crippen LogP contribution in [0.25, 0.3) is 138 Å². The van der Waals surface area contributed by atoms with E-state index in [2.05, 4.69) is 299 Å². The van der Waals surface area contributed by atoms with Gasteiger partial charge >= 0.3 is 0 Å². The van der Waals surface area contributed by atoms with Crippen LogP contribution in [0, 0.1) is 0 Å². The second kappa shape index (κ2) is 17.4. The Morgan fingerprint density at radius 1 is 0.147 bits per heavy atom. The Bertz CT molecular complexity index is 4390. The van der Waals surface area contributed by atoms with Crippen molar-refractivity contribution in [2.45, 2.75) is 0 Å². The highest BCUT2D eigenvalue weighted by Crippen LogP contribution is 2.40. The van der Waals surface area contributed by atoms with Gasteiger partial charge in [-0.3, -0.25) is 0 Å². The van der Waals surface area contributed by atoms with Gasteiger partial charge in [-0.1, -0.05) is 206 Å². The summed E-state index contributed by atoms with van der Waals surface area (Å²) >= 11 is 0. The first-order chi connectivity index (χ1) is 37.2. The average Bonchev–Trinajstić information content (AvgIpc) is 4.15. The summed E-state index contributed by atoms with van der Waals surface area (Å²) in [5.41, 5.74) is 22.5. The number of fused-ring (bicyclic) bond motifs is 9. The van der Waals surface area contributed by atoms with E-state index in [4.69, 9.17) is 0 Å². The fraction of sp³-hybridized carbons (Fsp3) is 0. The molecule has 0 saturated carbocycles. The topological polar surface area (TPSA) is 14.8 Å². The van der Waals surface area contributed by atoms with E-state index in [0.717, 1.165) is 28.2 Å². The molecule has 0 bridgehead atoms. The van der Waals surface area contributed by atoms with Crippen molar-refractivity contribution in [2.24, 2.45) is 0 Å². The lowest BCUT2D eigenvalue weighted by Gasteiger charge is -2.16. The maximum atomic E-state index is 2.43. The van der Waals surface area contributed by atoms with Crippen molar-refractivity contribution in [3.63, 3.8) is 0 Å². The molecule has 0 saturated heterocycles. The van der Waals surface area contributed by atoms with Crippen LogP contribution in [0.2, 0.25) is 0 Å². The summed E-state index contributed by atoms with van der Waals surface area (Å²) < 4.78 is 7.24.